The summed E-state index contributed by atoms with van der Waals surface area (Å²) in [6.07, 6.45) is 3.14. The zero-order valence-corrected chi connectivity index (χ0v) is 9.44. The number of hydrogen-bond acceptors (Lipinski definition) is 4. The molecule has 0 spiro atoms. The minimum atomic E-state index is -0.229. The van der Waals surface area contributed by atoms with Crippen molar-refractivity contribution in [2.24, 2.45) is 5.92 Å². The highest BCUT2D eigenvalue weighted by Crippen LogP contribution is 2.20. The number of rotatable bonds is 2. The van der Waals surface area contributed by atoms with Crippen LogP contribution in [0.3, 0.4) is 0 Å². The molecule has 2 heterocycles. The van der Waals surface area contributed by atoms with Crippen molar-refractivity contribution in [3.8, 4) is 0 Å². The molecule has 2 amide bonds. The second kappa shape index (κ2) is 4.17. The van der Waals surface area contributed by atoms with Gasteiger partial charge >= 0.3 is 0 Å². The van der Waals surface area contributed by atoms with Crippen molar-refractivity contribution >= 4 is 23.4 Å². The summed E-state index contributed by atoms with van der Waals surface area (Å²) in [6, 6.07) is 0. The Labute approximate surface area is 97.4 Å². The van der Waals surface area contributed by atoms with Gasteiger partial charge in [-0.2, -0.15) is 0 Å². The summed E-state index contributed by atoms with van der Waals surface area (Å²) in [6.45, 7) is 1.92. The van der Waals surface area contributed by atoms with E-state index >= 15 is 0 Å². The average molecular weight is 240 g/mol. The van der Waals surface area contributed by atoms with Crippen LogP contribution in [0.5, 0.6) is 0 Å². The Morgan fingerprint density at radius 1 is 1.44 bits per heavy atom. The van der Waals surface area contributed by atoms with Crippen molar-refractivity contribution in [1.82, 2.24) is 14.9 Å². The molecule has 1 unspecified atom stereocenters. The van der Waals surface area contributed by atoms with Crippen molar-refractivity contribution in [2.75, 3.05) is 0 Å². The van der Waals surface area contributed by atoms with Gasteiger partial charge in [0.2, 0.25) is 11.8 Å². The number of hydrogen-bond donors (Lipinski definition) is 0. The van der Waals surface area contributed by atoms with Gasteiger partial charge in [-0.3, -0.25) is 19.5 Å². The van der Waals surface area contributed by atoms with Crippen molar-refractivity contribution in [3.05, 3.63) is 23.2 Å². The van der Waals surface area contributed by atoms with Crippen LogP contribution in [0, 0.1) is 5.92 Å². The highest BCUT2D eigenvalue weighted by molar-refractivity contribution is 6.29. The smallest absolute Gasteiger partial charge is 0.232 e. The molecule has 0 N–H and O–H groups in total. The molecule has 1 aliphatic heterocycles. The first-order valence-electron chi connectivity index (χ1n) is 4.88. The fraction of sp³-hybridized carbons (Fsp3) is 0.400. The zero-order valence-electron chi connectivity index (χ0n) is 8.68. The highest BCUT2D eigenvalue weighted by Gasteiger charge is 2.35. The van der Waals surface area contributed by atoms with Gasteiger partial charge in [0.25, 0.3) is 0 Å². The molecule has 1 aromatic rings. The lowest BCUT2D eigenvalue weighted by Gasteiger charge is -2.13. The van der Waals surface area contributed by atoms with E-state index in [4.69, 9.17) is 11.6 Å². The van der Waals surface area contributed by atoms with E-state index in [2.05, 4.69) is 9.97 Å². The van der Waals surface area contributed by atoms with Crippen molar-refractivity contribution in [3.63, 3.8) is 0 Å². The Bertz CT molecular complexity index is 432. The number of likely N-dealkylation sites (tertiary alicyclic amines) is 1. The molecule has 1 aliphatic rings. The third-order valence-electron chi connectivity index (χ3n) is 2.46. The summed E-state index contributed by atoms with van der Waals surface area (Å²) in [5.74, 6) is -0.538. The summed E-state index contributed by atoms with van der Waals surface area (Å²) < 4.78 is 0. The number of halogens is 1. The number of nitrogens with zero attached hydrogens (tertiary/aromatic N) is 3. The first-order valence-corrected chi connectivity index (χ1v) is 5.26. The first-order chi connectivity index (χ1) is 7.58. The molecule has 1 fully saturated rings. The SMILES string of the molecule is CC1CC(=O)N(Cc2cnc(Cl)cn2)C1=O. The van der Waals surface area contributed by atoms with Crippen LogP contribution in [0.1, 0.15) is 19.0 Å². The molecule has 6 heteroatoms. The van der Waals surface area contributed by atoms with E-state index in [1.54, 1.807) is 6.92 Å². The lowest BCUT2D eigenvalue weighted by atomic mass is 10.1. The molecule has 5 nitrogen and oxygen atoms in total. The molecule has 16 heavy (non-hydrogen) atoms. The Hall–Kier alpha value is -1.49. The van der Waals surface area contributed by atoms with Gasteiger partial charge < -0.3 is 0 Å². The van der Waals surface area contributed by atoms with E-state index in [0.717, 1.165) is 0 Å². The van der Waals surface area contributed by atoms with Crippen LogP contribution in [-0.2, 0) is 16.1 Å². The molecule has 0 saturated carbocycles. The topological polar surface area (TPSA) is 63.2 Å². The lowest BCUT2D eigenvalue weighted by molar-refractivity contribution is -0.140. The fourth-order valence-electron chi connectivity index (χ4n) is 1.60. The normalized spacial score (nSPS) is 20.6. The second-order valence-corrected chi connectivity index (χ2v) is 4.14. The van der Waals surface area contributed by atoms with Gasteiger partial charge in [0.05, 0.1) is 24.6 Å². The van der Waals surface area contributed by atoms with Gasteiger partial charge in [-0.05, 0) is 0 Å². The van der Waals surface area contributed by atoms with E-state index in [0.29, 0.717) is 5.69 Å². The summed E-state index contributed by atoms with van der Waals surface area (Å²) in [7, 11) is 0. The summed E-state index contributed by atoms with van der Waals surface area (Å²) >= 11 is 5.59. The van der Waals surface area contributed by atoms with Crippen LogP contribution in [0.4, 0.5) is 0 Å². The maximum Gasteiger partial charge on any atom is 0.232 e. The molecule has 2 rings (SSSR count). The van der Waals surface area contributed by atoms with Crippen molar-refractivity contribution in [1.29, 1.82) is 0 Å². The highest BCUT2D eigenvalue weighted by atomic mass is 35.5. The molecule has 1 saturated heterocycles. The average Bonchev–Trinajstić information content (AvgIpc) is 2.48. The monoisotopic (exact) mass is 239 g/mol. The maximum absolute atomic E-state index is 11.6. The van der Waals surface area contributed by atoms with Gasteiger partial charge in [0, 0.05) is 12.3 Å². The van der Waals surface area contributed by atoms with Gasteiger partial charge in [-0.25, -0.2) is 4.98 Å². The van der Waals surface area contributed by atoms with E-state index < -0.39 is 0 Å². The van der Waals surface area contributed by atoms with Crippen LogP contribution in [0.2, 0.25) is 5.15 Å². The third-order valence-corrected chi connectivity index (χ3v) is 2.66. The summed E-state index contributed by atoms with van der Waals surface area (Å²) in [4.78, 5) is 32.2. The summed E-state index contributed by atoms with van der Waals surface area (Å²) in [5.41, 5.74) is 0.556. The Kier molecular flexibility index (Phi) is 2.87. The number of amides is 2. The summed E-state index contributed by atoms with van der Waals surface area (Å²) in [5, 5.41) is 0.288. The molecule has 1 atom stereocenters. The van der Waals surface area contributed by atoms with E-state index in [1.165, 1.54) is 17.3 Å². The molecule has 0 bridgehead atoms. The second-order valence-electron chi connectivity index (χ2n) is 3.75. The third kappa shape index (κ3) is 2.04. The van der Waals surface area contributed by atoms with E-state index in [1.807, 2.05) is 0 Å². The molecular formula is C10H10ClN3O2. The maximum atomic E-state index is 11.6. The van der Waals surface area contributed by atoms with E-state index in [9.17, 15) is 9.59 Å². The Morgan fingerprint density at radius 2 is 2.19 bits per heavy atom. The number of aromatic nitrogens is 2. The minimum absolute atomic E-state index is 0.151. The Morgan fingerprint density at radius 3 is 2.69 bits per heavy atom. The lowest BCUT2D eigenvalue weighted by Crippen LogP contribution is -2.30. The zero-order chi connectivity index (χ0) is 11.7. The van der Waals surface area contributed by atoms with Gasteiger partial charge in [-0.15, -0.1) is 0 Å². The fourth-order valence-corrected chi connectivity index (χ4v) is 1.69. The molecule has 84 valence electrons. The van der Waals surface area contributed by atoms with Crippen molar-refractivity contribution in [2.45, 2.75) is 19.9 Å². The van der Waals surface area contributed by atoms with Gasteiger partial charge in [0.15, 0.2) is 0 Å². The predicted octanol–water partition coefficient (Wildman–Crippen LogP) is 1.02. The predicted molar refractivity (Wildman–Crippen MR) is 56.4 cm³/mol. The molecule has 0 aromatic carbocycles. The number of carbonyl (C=O) groups excluding carboxylic acids is 2. The van der Waals surface area contributed by atoms with Crippen LogP contribution in [0.15, 0.2) is 12.4 Å². The van der Waals surface area contributed by atoms with E-state index in [-0.39, 0.29) is 35.9 Å². The molecule has 1 aromatic heterocycles. The number of imide groups is 1. The standard InChI is InChI=1S/C10H10ClN3O2/c1-6-2-9(15)14(10(6)16)5-7-3-13-8(11)4-12-7/h3-4,6H,2,5H2,1H3. The molecule has 0 radical (unpaired) electrons. The van der Waals surface area contributed by atoms with Crippen molar-refractivity contribution < 1.29 is 9.59 Å². The van der Waals surface area contributed by atoms with Crippen LogP contribution in [0.25, 0.3) is 0 Å². The minimum Gasteiger partial charge on any atom is -0.276 e. The van der Waals surface area contributed by atoms with Gasteiger partial charge in [0.1, 0.15) is 5.15 Å². The first kappa shape index (κ1) is 11.0. The quantitative estimate of drug-likeness (QED) is 0.723. The van der Waals surface area contributed by atoms with Gasteiger partial charge in [-0.1, -0.05) is 18.5 Å². The largest absolute Gasteiger partial charge is 0.276 e. The molecule has 0 aliphatic carbocycles. The molecular weight excluding hydrogens is 230 g/mol. The van der Waals surface area contributed by atoms with Crippen LogP contribution in [-0.4, -0.2) is 26.7 Å². The number of carbonyl (C=O) groups is 2. The van der Waals surface area contributed by atoms with Crippen LogP contribution >= 0.6 is 11.6 Å². The van der Waals surface area contributed by atoms with Crippen LogP contribution < -0.4 is 0 Å². The Balaban J connectivity index is 2.13.